The van der Waals surface area contributed by atoms with E-state index in [1.54, 1.807) is 0 Å². The number of morpholine rings is 1. The molecule has 1 aromatic heterocycles. The second-order valence-electron chi connectivity index (χ2n) is 4.06. The largest absolute Gasteiger partial charge is 0.375 e. The van der Waals surface area contributed by atoms with E-state index in [2.05, 4.69) is 41.2 Å². The predicted octanol–water partition coefficient (Wildman–Crippen LogP) is 1.74. The highest BCUT2D eigenvalue weighted by atomic mass is 16.5. The SMILES string of the molecule is CCNc1cc(N2CCOC(C)C2)ccn1. The summed E-state index contributed by atoms with van der Waals surface area (Å²) in [6.07, 6.45) is 2.16. The van der Waals surface area contributed by atoms with Gasteiger partial charge in [0.25, 0.3) is 0 Å². The smallest absolute Gasteiger partial charge is 0.127 e. The van der Waals surface area contributed by atoms with Gasteiger partial charge in [-0.05, 0) is 19.9 Å². The zero-order chi connectivity index (χ0) is 11.4. The van der Waals surface area contributed by atoms with E-state index < -0.39 is 0 Å². The van der Waals surface area contributed by atoms with Gasteiger partial charge in [-0.25, -0.2) is 4.98 Å². The fraction of sp³-hybridized carbons (Fsp3) is 0.583. The molecule has 1 aromatic rings. The van der Waals surface area contributed by atoms with Crippen LogP contribution in [0.4, 0.5) is 11.5 Å². The lowest BCUT2D eigenvalue weighted by atomic mass is 10.2. The van der Waals surface area contributed by atoms with E-state index in [4.69, 9.17) is 4.74 Å². The monoisotopic (exact) mass is 221 g/mol. The summed E-state index contributed by atoms with van der Waals surface area (Å²) >= 11 is 0. The third-order valence-corrected chi connectivity index (χ3v) is 2.71. The number of hydrogen-bond acceptors (Lipinski definition) is 4. The number of rotatable bonds is 3. The summed E-state index contributed by atoms with van der Waals surface area (Å²) in [5.41, 5.74) is 1.22. The number of anilines is 2. The molecule has 0 aromatic carbocycles. The lowest BCUT2D eigenvalue weighted by Gasteiger charge is -2.33. The molecule has 1 aliphatic heterocycles. The zero-order valence-electron chi connectivity index (χ0n) is 9.94. The topological polar surface area (TPSA) is 37.4 Å². The molecule has 0 bridgehead atoms. The summed E-state index contributed by atoms with van der Waals surface area (Å²) < 4.78 is 5.53. The molecule has 2 heterocycles. The summed E-state index contributed by atoms with van der Waals surface area (Å²) in [4.78, 5) is 6.62. The molecule has 4 nitrogen and oxygen atoms in total. The van der Waals surface area contributed by atoms with Crippen molar-refractivity contribution in [1.82, 2.24) is 4.98 Å². The van der Waals surface area contributed by atoms with Crippen molar-refractivity contribution >= 4 is 11.5 Å². The molecule has 1 saturated heterocycles. The number of hydrogen-bond donors (Lipinski definition) is 1. The maximum absolute atomic E-state index is 5.53. The molecule has 88 valence electrons. The van der Waals surface area contributed by atoms with Crippen LogP contribution in [-0.2, 0) is 4.74 Å². The third-order valence-electron chi connectivity index (χ3n) is 2.71. The van der Waals surface area contributed by atoms with Gasteiger partial charge in [0.05, 0.1) is 12.7 Å². The predicted molar refractivity (Wildman–Crippen MR) is 66.0 cm³/mol. The average molecular weight is 221 g/mol. The Kier molecular flexibility index (Phi) is 3.62. The first-order chi connectivity index (χ1) is 7.79. The van der Waals surface area contributed by atoms with Gasteiger partial charge in [-0.2, -0.15) is 0 Å². The van der Waals surface area contributed by atoms with Crippen molar-refractivity contribution in [1.29, 1.82) is 0 Å². The molecule has 0 amide bonds. The highest BCUT2D eigenvalue weighted by molar-refractivity contribution is 5.54. The van der Waals surface area contributed by atoms with Crippen LogP contribution in [0.3, 0.4) is 0 Å². The molecule has 1 unspecified atom stereocenters. The van der Waals surface area contributed by atoms with Gasteiger partial charge in [0.2, 0.25) is 0 Å². The molecule has 0 aliphatic carbocycles. The first-order valence-corrected chi connectivity index (χ1v) is 5.86. The highest BCUT2D eigenvalue weighted by Crippen LogP contribution is 2.19. The first kappa shape index (κ1) is 11.2. The van der Waals surface area contributed by atoms with Crippen LogP contribution in [0.1, 0.15) is 13.8 Å². The Bertz CT molecular complexity index is 343. The second-order valence-corrected chi connectivity index (χ2v) is 4.06. The van der Waals surface area contributed by atoms with Crippen molar-refractivity contribution in [2.45, 2.75) is 20.0 Å². The molecule has 1 atom stereocenters. The van der Waals surface area contributed by atoms with E-state index in [0.717, 1.165) is 32.1 Å². The van der Waals surface area contributed by atoms with Gasteiger partial charge in [-0.3, -0.25) is 0 Å². The number of nitrogens with zero attached hydrogens (tertiary/aromatic N) is 2. The number of aromatic nitrogens is 1. The van der Waals surface area contributed by atoms with Crippen LogP contribution in [0.25, 0.3) is 0 Å². The van der Waals surface area contributed by atoms with Gasteiger partial charge in [-0.15, -0.1) is 0 Å². The minimum absolute atomic E-state index is 0.310. The molecular weight excluding hydrogens is 202 g/mol. The number of nitrogens with one attached hydrogen (secondary N) is 1. The highest BCUT2D eigenvalue weighted by Gasteiger charge is 2.17. The summed E-state index contributed by atoms with van der Waals surface area (Å²) in [6, 6.07) is 4.15. The van der Waals surface area contributed by atoms with Crippen LogP contribution in [0.5, 0.6) is 0 Å². The standard InChI is InChI=1S/C12H19N3O/c1-3-13-12-8-11(4-5-14-12)15-6-7-16-10(2)9-15/h4-5,8,10H,3,6-7,9H2,1-2H3,(H,13,14). The van der Waals surface area contributed by atoms with Crippen LogP contribution in [0, 0.1) is 0 Å². The van der Waals surface area contributed by atoms with Crippen LogP contribution >= 0.6 is 0 Å². The van der Waals surface area contributed by atoms with Gasteiger partial charge in [-0.1, -0.05) is 0 Å². The van der Waals surface area contributed by atoms with Crippen molar-refractivity contribution in [2.75, 3.05) is 36.5 Å². The van der Waals surface area contributed by atoms with Gasteiger partial charge in [0.1, 0.15) is 5.82 Å². The molecule has 2 rings (SSSR count). The third kappa shape index (κ3) is 2.64. The van der Waals surface area contributed by atoms with E-state index in [0.29, 0.717) is 6.10 Å². The maximum atomic E-state index is 5.53. The molecule has 1 N–H and O–H groups in total. The maximum Gasteiger partial charge on any atom is 0.127 e. The first-order valence-electron chi connectivity index (χ1n) is 5.86. The van der Waals surface area contributed by atoms with Crippen LogP contribution in [0.2, 0.25) is 0 Å². The summed E-state index contributed by atoms with van der Waals surface area (Å²) in [7, 11) is 0. The minimum atomic E-state index is 0.310. The van der Waals surface area contributed by atoms with Crippen molar-refractivity contribution in [3.63, 3.8) is 0 Å². The average Bonchev–Trinajstić information content (AvgIpc) is 2.30. The summed E-state index contributed by atoms with van der Waals surface area (Å²) in [5.74, 6) is 0.944. The van der Waals surface area contributed by atoms with Crippen molar-refractivity contribution < 1.29 is 4.74 Å². The molecular formula is C12H19N3O. The Morgan fingerprint density at radius 1 is 1.62 bits per heavy atom. The summed E-state index contributed by atoms with van der Waals surface area (Å²) in [6.45, 7) is 7.80. The summed E-state index contributed by atoms with van der Waals surface area (Å²) in [5, 5.41) is 3.23. The Morgan fingerprint density at radius 2 is 2.50 bits per heavy atom. The molecule has 0 spiro atoms. The fourth-order valence-electron chi connectivity index (χ4n) is 1.95. The Morgan fingerprint density at radius 3 is 3.25 bits per heavy atom. The quantitative estimate of drug-likeness (QED) is 0.843. The van der Waals surface area contributed by atoms with E-state index in [1.165, 1.54) is 5.69 Å². The zero-order valence-corrected chi connectivity index (χ0v) is 9.94. The molecule has 1 aliphatic rings. The van der Waals surface area contributed by atoms with E-state index >= 15 is 0 Å². The normalized spacial score (nSPS) is 20.9. The van der Waals surface area contributed by atoms with E-state index in [1.807, 2.05) is 6.20 Å². The fourth-order valence-corrected chi connectivity index (χ4v) is 1.95. The molecule has 0 saturated carbocycles. The number of pyridine rings is 1. The molecule has 4 heteroatoms. The van der Waals surface area contributed by atoms with Crippen LogP contribution in [-0.4, -0.2) is 37.3 Å². The van der Waals surface area contributed by atoms with E-state index in [-0.39, 0.29) is 0 Å². The Labute approximate surface area is 96.6 Å². The van der Waals surface area contributed by atoms with E-state index in [9.17, 15) is 0 Å². The van der Waals surface area contributed by atoms with Crippen molar-refractivity contribution in [2.24, 2.45) is 0 Å². The minimum Gasteiger partial charge on any atom is -0.375 e. The van der Waals surface area contributed by atoms with Crippen LogP contribution in [0.15, 0.2) is 18.3 Å². The van der Waals surface area contributed by atoms with Gasteiger partial charge >= 0.3 is 0 Å². The lowest BCUT2D eigenvalue weighted by molar-refractivity contribution is 0.0532. The lowest BCUT2D eigenvalue weighted by Crippen LogP contribution is -2.41. The van der Waals surface area contributed by atoms with Crippen LogP contribution < -0.4 is 10.2 Å². The van der Waals surface area contributed by atoms with Crippen molar-refractivity contribution in [3.05, 3.63) is 18.3 Å². The van der Waals surface area contributed by atoms with Gasteiger partial charge in [0.15, 0.2) is 0 Å². The Hall–Kier alpha value is -1.29. The van der Waals surface area contributed by atoms with Gasteiger partial charge < -0.3 is 15.0 Å². The molecule has 0 radical (unpaired) electrons. The Balaban J connectivity index is 2.09. The molecule has 16 heavy (non-hydrogen) atoms. The van der Waals surface area contributed by atoms with Gasteiger partial charge in [0, 0.05) is 37.6 Å². The molecule has 1 fully saturated rings. The number of ether oxygens (including phenoxy) is 1. The van der Waals surface area contributed by atoms with Crippen molar-refractivity contribution in [3.8, 4) is 0 Å². The second kappa shape index (κ2) is 5.16.